The number of carbonyl (C=O) groups is 1. The average molecular weight is 221 g/mol. The summed E-state index contributed by atoms with van der Waals surface area (Å²) in [7, 11) is 0. The van der Waals surface area contributed by atoms with Crippen molar-refractivity contribution in [2.75, 3.05) is 0 Å². The van der Waals surface area contributed by atoms with Gasteiger partial charge in [0, 0.05) is 0 Å². The maximum Gasteiger partial charge on any atom is 0.336 e. The molecule has 6 heteroatoms. The van der Waals surface area contributed by atoms with E-state index in [2.05, 4.69) is 10.1 Å². The lowest BCUT2D eigenvalue weighted by Crippen LogP contribution is -2.08. The molecule has 0 bridgehead atoms. The molecular weight excluding hydrogens is 213 g/mol. The van der Waals surface area contributed by atoms with Crippen LogP contribution in [0, 0.1) is 5.82 Å². The molecule has 0 unspecified atom stereocenters. The van der Waals surface area contributed by atoms with E-state index in [-0.39, 0.29) is 12.1 Å². The minimum absolute atomic E-state index is 0.0597. The summed E-state index contributed by atoms with van der Waals surface area (Å²) in [4.78, 5) is 14.6. The Morgan fingerprint density at radius 2 is 2.31 bits per heavy atom. The third kappa shape index (κ3) is 2.05. The lowest BCUT2D eigenvalue weighted by Gasteiger charge is -2.05. The largest absolute Gasteiger partial charge is 0.478 e. The first-order valence-corrected chi connectivity index (χ1v) is 4.51. The Morgan fingerprint density at radius 1 is 1.50 bits per heavy atom. The van der Waals surface area contributed by atoms with Crippen LogP contribution in [0.4, 0.5) is 4.39 Å². The Balaban J connectivity index is 2.36. The Labute approximate surface area is 90.2 Å². The van der Waals surface area contributed by atoms with E-state index in [0.29, 0.717) is 5.56 Å². The lowest BCUT2D eigenvalue weighted by atomic mass is 10.1. The molecule has 0 aliphatic rings. The highest BCUT2D eigenvalue weighted by atomic mass is 19.1. The van der Waals surface area contributed by atoms with E-state index in [4.69, 9.17) is 5.11 Å². The molecule has 82 valence electrons. The highest BCUT2D eigenvalue weighted by Crippen LogP contribution is 2.12. The molecule has 0 amide bonds. The van der Waals surface area contributed by atoms with Gasteiger partial charge < -0.3 is 5.11 Å². The maximum atomic E-state index is 12.9. The molecule has 16 heavy (non-hydrogen) atoms. The first kappa shape index (κ1) is 10.3. The van der Waals surface area contributed by atoms with Gasteiger partial charge >= 0.3 is 5.97 Å². The van der Waals surface area contributed by atoms with Gasteiger partial charge in [-0.1, -0.05) is 6.07 Å². The molecule has 2 rings (SSSR count). The van der Waals surface area contributed by atoms with Crippen molar-refractivity contribution < 1.29 is 14.3 Å². The summed E-state index contributed by atoms with van der Waals surface area (Å²) >= 11 is 0. The molecule has 2 aromatic rings. The van der Waals surface area contributed by atoms with Gasteiger partial charge in [-0.05, 0) is 17.7 Å². The fourth-order valence-electron chi connectivity index (χ4n) is 1.37. The van der Waals surface area contributed by atoms with E-state index >= 15 is 0 Å². The summed E-state index contributed by atoms with van der Waals surface area (Å²) in [6.07, 6.45) is 2.82. The SMILES string of the molecule is O=C(O)c1cc(F)ccc1Cn1cncn1. The molecule has 0 atom stereocenters. The number of benzene rings is 1. The quantitative estimate of drug-likeness (QED) is 0.844. The molecule has 1 heterocycles. The van der Waals surface area contributed by atoms with Crippen molar-refractivity contribution in [1.82, 2.24) is 14.8 Å². The summed E-state index contributed by atoms with van der Waals surface area (Å²) in [5.74, 6) is -1.73. The first-order chi connectivity index (χ1) is 7.66. The smallest absolute Gasteiger partial charge is 0.336 e. The molecule has 0 aliphatic heterocycles. The topological polar surface area (TPSA) is 68.0 Å². The number of carboxylic acids is 1. The third-order valence-electron chi connectivity index (χ3n) is 2.10. The van der Waals surface area contributed by atoms with Crippen molar-refractivity contribution in [3.05, 3.63) is 47.8 Å². The Morgan fingerprint density at radius 3 is 2.94 bits per heavy atom. The van der Waals surface area contributed by atoms with Crippen LogP contribution in [0.25, 0.3) is 0 Å². The Bertz CT molecular complexity index is 511. The molecule has 0 radical (unpaired) electrons. The monoisotopic (exact) mass is 221 g/mol. The normalized spacial score (nSPS) is 10.3. The van der Waals surface area contributed by atoms with Crippen molar-refractivity contribution in [2.45, 2.75) is 6.54 Å². The number of hydrogen-bond acceptors (Lipinski definition) is 3. The summed E-state index contributed by atoms with van der Waals surface area (Å²) in [5.41, 5.74) is 0.426. The number of nitrogens with zero attached hydrogens (tertiary/aromatic N) is 3. The zero-order valence-corrected chi connectivity index (χ0v) is 8.17. The van der Waals surface area contributed by atoms with Crippen molar-refractivity contribution in [1.29, 1.82) is 0 Å². The van der Waals surface area contributed by atoms with Gasteiger partial charge in [0.15, 0.2) is 0 Å². The van der Waals surface area contributed by atoms with Gasteiger partial charge in [0.2, 0.25) is 0 Å². The van der Waals surface area contributed by atoms with Crippen LogP contribution in [0.1, 0.15) is 15.9 Å². The number of carboxylic acid groups (broad SMARTS) is 1. The predicted octanol–water partition coefficient (Wildman–Crippen LogP) is 1.16. The summed E-state index contributed by atoms with van der Waals surface area (Å²) < 4.78 is 14.4. The second kappa shape index (κ2) is 4.09. The second-order valence-corrected chi connectivity index (χ2v) is 3.20. The van der Waals surface area contributed by atoms with E-state index in [0.717, 1.165) is 6.07 Å². The van der Waals surface area contributed by atoms with E-state index in [1.807, 2.05) is 0 Å². The Hall–Kier alpha value is -2.24. The molecule has 1 aromatic carbocycles. The molecule has 0 spiro atoms. The maximum absolute atomic E-state index is 12.9. The van der Waals surface area contributed by atoms with Gasteiger partial charge in [-0.2, -0.15) is 5.10 Å². The second-order valence-electron chi connectivity index (χ2n) is 3.20. The van der Waals surface area contributed by atoms with Crippen LogP contribution in [0.2, 0.25) is 0 Å². The van der Waals surface area contributed by atoms with Crippen LogP contribution >= 0.6 is 0 Å². The summed E-state index contributed by atoms with van der Waals surface area (Å²) in [5, 5.41) is 12.8. The van der Waals surface area contributed by atoms with Gasteiger partial charge in [0.1, 0.15) is 18.5 Å². The fourth-order valence-corrected chi connectivity index (χ4v) is 1.37. The predicted molar refractivity (Wildman–Crippen MR) is 52.5 cm³/mol. The van der Waals surface area contributed by atoms with Crippen molar-refractivity contribution in [3.8, 4) is 0 Å². The first-order valence-electron chi connectivity index (χ1n) is 4.51. The van der Waals surface area contributed by atoms with Crippen LogP contribution in [0.15, 0.2) is 30.9 Å². The van der Waals surface area contributed by atoms with Crippen LogP contribution in [0.3, 0.4) is 0 Å². The number of rotatable bonds is 3. The van der Waals surface area contributed by atoms with Crippen LogP contribution in [-0.4, -0.2) is 25.8 Å². The molecule has 1 N–H and O–H groups in total. The van der Waals surface area contributed by atoms with Gasteiger partial charge in [0.25, 0.3) is 0 Å². The van der Waals surface area contributed by atoms with Crippen molar-refractivity contribution in [3.63, 3.8) is 0 Å². The summed E-state index contributed by atoms with van der Waals surface area (Å²) in [6.45, 7) is 0.252. The highest BCUT2D eigenvalue weighted by Gasteiger charge is 2.11. The minimum atomic E-state index is -1.16. The van der Waals surface area contributed by atoms with Gasteiger partial charge in [-0.25, -0.2) is 18.9 Å². The molecule has 0 aliphatic carbocycles. The van der Waals surface area contributed by atoms with E-state index < -0.39 is 11.8 Å². The molecule has 0 saturated carbocycles. The van der Waals surface area contributed by atoms with E-state index in [9.17, 15) is 9.18 Å². The van der Waals surface area contributed by atoms with Crippen LogP contribution in [0.5, 0.6) is 0 Å². The van der Waals surface area contributed by atoms with E-state index in [1.54, 1.807) is 0 Å². The van der Waals surface area contributed by atoms with E-state index in [1.165, 1.54) is 29.5 Å². The standard InChI is InChI=1S/C10H8FN3O2/c11-8-2-1-7(9(3-8)10(15)16)4-14-6-12-5-13-14/h1-3,5-6H,4H2,(H,15,16). The molecule has 0 saturated heterocycles. The average Bonchev–Trinajstić information content (AvgIpc) is 2.73. The van der Waals surface area contributed by atoms with Gasteiger partial charge in [0.05, 0.1) is 12.1 Å². The minimum Gasteiger partial charge on any atom is -0.478 e. The van der Waals surface area contributed by atoms with Crippen LogP contribution in [-0.2, 0) is 6.54 Å². The number of aromatic carboxylic acids is 1. The Kier molecular flexibility index (Phi) is 2.63. The van der Waals surface area contributed by atoms with Crippen molar-refractivity contribution in [2.24, 2.45) is 0 Å². The number of halogens is 1. The number of hydrogen-bond donors (Lipinski definition) is 1. The highest BCUT2D eigenvalue weighted by molar-refractivity contribution is 5.89. The van der Waals surface area contributed by atoms with Gasteiger partial charge in [-0.3, -0.25) is 0 Å². The number of aromatic nitrogens is 3. The summed E-state index contributed by atoms with van der Waals surface area (Å²) in [6, 6.07) is 3.65. The van der Waals surface area contributed by atoms with Gasteiger partial charge in [-0.15, -0.1) is 0 Å². The van der Waals surface area contributed by atoms with Crippen molar-refractivity contribution >= 4 is 5.97 Å². The zero-order chi connectivity index (χ0) is 11.5. The molecule has 0 fully saturated rings. The van der Waals surface area contributed by atoms with Crippen LogP contribution < -0.4 is 0 Å². The molecule has 5 nitrogen and oxygen atoms in total. The lowest BCUT2D eigenvalue weighted by molar-refractivity contribution is 0.0695. The molecular formula is C10H8FN3O2. The fraction of sp³-hybridized carbons (Fsp3) is 0.100. The zero-order valence-electron chi connectivity index (χ0n) is 8.17. The molecule has 1 aromatic heterocycles. The third-order valence-corrected chi connectivity index (χ3v) is 2.10.